The molecule has 1 aliphatic heterocycles. The lowest BCUT2D eigenvalue weighted by Gasteiger charge is -2.36. The number of benzene rings is 2. The van der Waals surface area contributed by atoms with Crippen molar-refractivity contribution in [3.63, 3.8) is 0 Å². The Morgan fingerprint density at radius 3 is 2.56 bits per heavy atom. The van der Waals surface area contributed by atoms with Crippen molar-refractivity contribution in [2.24, 2.45) is 5.92 Å². The first-order chi connectivity index (χ1) is 13.2. The van der Waals surface area contributed by atoms with Gasteiger partial charge in [-0.25, -0.2) is 4.79 Å². The predicted molar refractivity (Wildman–Crippen MR) is 107 cm³/mol. The van der Waals surface area contributed by atoms with Gasteiger partial charge in [-0.05, 0) is 43.0 Å². The van der Waals surface area contributed by atoms with Crippen molar-refractivity contribution in [3.05, 3.63) is 60.2 Å². The number of carbonyl (C=O) groups is 2. The second-order valence-corrected chi connectivity index (χ2v) is 7.36. The first kappa shape index (κ1) is 17.6. The summed E-state index contributed by atoms with van der Waals surface area (Å²) in [5.74, 6) is 0.237. The largest absolute Gasteiger partial charge is 0.326 e. The maximum atomic E-state index is 13.0. The molecule has 1 aliphatic carbocycles. The average Bonchev–Trinajstić information content (AvgIpc) is 2.63. The maximum absolute atomic E-state index is 13.0. The Morgan fingerprint density at radius 2 is 1.81 bits per heavy atom. The smallest absolute Gasteiger partial charge is 0.324 e. The van der Waals surface area contributed by atoms with Gasteiger partial charge in [-0.15, -0.1) is 0 Å². The monoisotopic (exact) mass is 363 g/mol. The maximum Gasteiger partial charge on any atom is 0.324 e. The van der Waals surface area contributed by atoms with Gasteiger partial charge in [-0.3, -0.25) is 9.69 Å². The summed E-state index contributed by atoms with van der Waals surface area (Å²) < 4.78 is 0. The molecule has 2 fully saturated rings. The number of amides is 3. The van der Waals surface area contributed by atoms with Crippen LogP contribution >= 0.6 is 0 Å². The van der Waals surface area contributed by atoms with Crippen molar-refractivity contribution in [1.82, 2.24) is 4.90 Å². The zero-order valence-corrected chi connectivity index (χ0v) is 15.4. The number of nitrogens with zero attached hydrogens (tertiary/aromatic N) is 2. The Kier molecular flexibility index (Phi) is 5.10. The van der Waals surface area contributed by atoms with Gasteiger partial charge in [0, 0.05) is 36.9 Å². The second kappa shape index (κ2) is 7.82. The molecule has 0 atom stereocenters. The van der Waals surface area contributed by atoms with Crippen molar-refractivity contribution in [2.45, 2.75) is 32.2 Å². The second-order valence-electron chi connectivity index (χ2n) is 7.36. The van der Waals surface area contributed by atoms with Crippen LogP contribution in [0.2, 0.25) is 0 Å². The third-order valence-electron chi connectivity index (χ3n) is 5.43. The van der Waals surface area contributed by atoms with Gasteiger partial charge < -0.3 is 10.2 Å². The molecule has 2 aliphatic rings. The zero-order valence-electron chi connectivity index (χ0n) is 15.4. The SMILES string of the molecule is O=C(Nc1cccc(N2CCCN(Cc3ccccc3)C2=O)c1)C1CCC1. The fourth-order valence-electron chi connectivity index (χ4n) is 3.64. The number of nitrogens with one attached hydrogen (secondary N) is 1. The van der Waals surface area contributed by atoms with Crippen molar-refractivity contribution in [1.29, 1.82) is 0 Å². The molecule has 2 aromatic rings. The third kappa shape index (κ3) is 3.97. The van der Waals surface area contributed by atoms with Gasteiger partial charge in [0.1, 0.15) is 0 Å². The van der Waals surface area contributed by atoms with Crippen LogP contribution in [0.5, 0.6) is 0 Å². The van der Waals surface area contributed by atoms with Crippen molar-refractivity contribution in [2.75, 3.05) is 23.3 Å². The lowest BCUT2D eigenvalue weighted by molar-refractivity contribution is -0.122. The van der Waals surface area contributed by atoms with E-state index in [4.69, 9.17) is 0 Å². The summed E-state index contributed by atoms with van der Waals surface area (Å²) in [6.45, 7) is 2.08. The minimum Gasteiger partial charge on any atom is -0.326 e. The molecule has 140 valence electrons. The summed E-state index contributed by atoms with van der Waals surface area (Å²) in [6.07, 6.45) is 4.02. The lowest BCUT2D eigenvalue weighted by atomic mass is 9.85. The van der Waals surface area contributed by atoms with E-state index < -0.39 is 0 Å². The number of carbonyl (C=O) groups excluding carboxylic acids is 2. The molecule has 0 radical (unpaired) electrons. The molecule has 1 saturated carbocycles. The molecule has 0 spiro atoms. The topological polar surface area (TPSA) is 52.7 Å². The first-order valence-corrected chi connectivity index (χ1v) is 9.72. The Morgan fingerprint density at radius 1 is 1.00 bits per heavy atom. The number of hydrogen-bond acceptors (Lipinski definition) is 2. The molecule has 27 heavy (non-hydrogen) atoms. The van der Waals surface area contributed by atoms with Gasteiger partial charge >= 0.3 is 6.03 Å². The van der Waals surface area contributed by atoms with Gasteiger partial charge in [0.2, 0.25) is 5.91 Å². The molecule has 0 bridgehead atoms. The molecule has 5 heteroatoms. The van der Waals surface area contributed by atoms with E-state index in [2.05, 4.69) is 5.32 Å². The van der Waals surface area contributed by atoms with Crippen LogP contribution in [-0.2, 0) is 11.3 Å². The van der Waals surface area contributed by atoms with E-state index in [1.165, 1.54) is 0 Å². The summed E-state index contributed by atoms with van der Waals surface area (Å²) in [5, 5.41) is 3.00. The summed E-state index contributed by atoms with van der Waals surface area (Å²) in [5.41, 5.74) is 2.73. The molecule has 4 rings (SSSR count). The van der Waals surface area contributed by atoms with E-state index >= 15 is 0 Å². The lowest BCUT2D eigenvalue weighted by Crippen LogP contribution is -2.49. The highest BCUT2D eigenvalue weighted by Gasteiger charge is 2.28. The number of anilines is 2. The Bertz CT molecular complexity index is 817. The average molecular weight is 363 g/mol. The van der Waals surface area contributed by atoms with Crippen molar-refractivity contribution < 1.29 is 9.59 Å². The quantitative estimate of drug-likeness (QED) is 0.863. The van der Waals surface area contributed by atoms with Crippen molar-refractivity contribution >= 4 is 23.3 Å². The van der Waals surface area contributed by atoms with Gasteiger partial charge in [-0.1, -0.05) is 42.8 Å². The van der Waals surface area contributed by atoms with Gasteiger partial charge in [0.25, 0.3) is 0 Å². The van der Waals surface area contributed by atoms with Gasteiger partial charge in [0.05, 0.1) is 0 Å². The van der Waals surface area contributed by atoms with Crippen LogP contribution in [0.3, 0.4) is 0 Å². The van der Waals surface area contributed by atoms with Gasteiger partial charge in [-0.2, -0.15) is 0 Å². The Hall–Kier alpha value is -2.82. The van der Waals surface area contributed by atoms with Crippen LogP contribution in [0.25, 0.3) is 0 Å². The van der Waals surface area contributed by atoms with Crippen LogP contribution in [-0.4, -0.2) is 29.9 Å². The Balaban J connectivity index is 1.46. The standard InChI is InChI=1S/C22H25N3O2/c26-21(18-9-4-10-18)23-19-11-5-12-20(15-19)25-14-6-13-24(22(25)27)16-17-7-2-1-3-8-17/h1-3,5,7-8,11-12,15,18H,4,6,9-10,13-14,16H2,(H,23,26). The molecule has 1 heterocycles. The van der Waals surface area contributed by atoms with E-state index in [-0.39, 0.29) is 17.9 Å². The van der Waals surface area contributed by atoms with Crippen LogP contribution < -0.4 is 10.2 Å². The molecule has 1 saturated heterocycles. The molecular formula is C22H25N3O2. The molecule has 5 nitrogen and oxygen atoms in total. The normalized spacial score (nSPS) is 17.6. The van der Waals surface area contributed by atoms with Crippen LogP contribution in [0, 0.1) is 5.92 Å². The van der Waals surface area contributed by atoms with E-state index in [0.717, 1.165) is 49.2 Å². The molecule has 3 amide bonds. The molecule has 2 aromatic carbocycles. The van der Waals surface area contributed by atoms with E-state index in [1.54, 1.807) is 0 Å². The summed E-state index contributed by atoms with van der Waals surface area (Å²) in [7, 11) is 0. The molecule has 0 unspecified atom stereocenters. The fraction of sp³-hybridized carbons (Fsp3) is 0.364. The van der Waals surface area contributed by atoms with Gasteiger partial charge in [0.15, 0.2) is 0 Å². The molecule has 1 N–H and O–H groups in total. The van der Waals surface area contributed by atoms with Crippen molar-refractivity contribution in [3.8, 4) is 0 Å². The minimum absolute atomic E-state index is 0.0209. The summed E-state index contributed by atoms with van der Waals surface area (Å²) >= 11 is 0. The zero-order chi connectivity index (χ0) is 18.6. The fourth-order valence-corrected chi connectivity index (χ4v) is 3.64. The minimum atomic E-state index is 0.0209. The molecule has 0 aromatic heterocycles. The highest BCUT2D eigenvalue weighted by molar-refractivity contribution is 5.96. The highest BCUT2D eigenvalue weighted by atomic mass is 16.2. The first-order valence-electron chi connectivity index (χ1n) is 9.72. The Labute approximate surface area is 160 Å². The number of hydrogen-bond donors (Lipinski definition) is 1. The van der Waals surface area contributed by atoms with Crippen LogP contribution in [0.15, 0.2) is 54.6 Å². The van der Waals surface area contributed by atoms with E-state index in [0.29, 0.717) is 13.1 Å². The van der Waals surface area contributed by atoms with E-state index in [9.17, 15) is 9.59 Å². The number of rotatable bonds is 5. The van der Waals surface area contributed by atoms with Crippen LogP contribution in [0.4, 0.5) is 16.2 Å². The summed E-state index contributed by atoms with van der Waals surface area (Å²) in [4.78, 5) is 28.9. The highest BCUT2D eigenvalue weighted by Crippen LogP contribution is 2.29. The molecular weight excluding hydrogens is 338 g/mol. The predicted octanol–water partition coefficient (Wildman–Crippen LogP) is 4.26. The third-order valence-corrected chi connectivity index (χ3v) is 5.43. The van der Waals surface area contributed by atoms with E-state index in [1.807, 2.05) is 64.4 Å². The van der Waals surface area contributed by atoms with Crippen LogP contribution in [0.1, 0.15) is 31.2 Å². The summed E-state index contributed by atoms with van der Waals surface area (Å²) in [6, 6.07) is 17.7. The number of urea groups is 1.